The lowest BCUT2D eigenvalue weighted by Gasteiger charge is -2.42. The van der Waals surface area contributed by atoms with Crippen LogP contribution in [0.1, 0.15) is 0 Å². The molecule has 5 aromatic heterocycles. The van der Waals surface area contributed by atoms with Crippen LogP contribution < -0.4 is 26.3 Å². The summed E-state index contributed by atoms with van der Waals surface area (Å²) in [6, 6.07) is 61.1. The van der Waals surface area contributed by atoms with Crippen molar-refractivity contribution < 1.29 is 0 Å². The number of anilines is 6. The summed E-state index contributed by atoms with van der Waals surface area (Å²) < 4.78 is 4.84. The number of pyridine rings is 2. The Morgan fingerprint density at radius 2 is 1.09 bits per heavy atom. The van der Waals surface area contributed by atoms with Crippen molar-refractivity contribution in [2.24, 2.45) is 0 Å². The molecule has 13 rings (SSSR count). The van der Waals surface area contributed by atoms with Gasteiger partial charge in [0.25, 0.3) is 6.71 Å². The zero-order valence-corrected chi connectivity index (χ0v) is 29.5. The molecule has 0 saturated heterocycles. The van der Waals surface area contributed by atoms with Gasteiger partial charge >= 0.3 is 0 Å². The van der Waals surface area contributed by atoms with Gasteiger partial charge in [-0.1, -0.05) is 103 Å². The van der Waals surface area contributed by atoms with Crippen molar-refractivity contribution in [1.29, 1.82) is 0 Å². The SMILES string of the molecule is c1ccc(N2c3cccc4c3B(c3cc5c6cccc7c8ccccc8n(c5nc32)c76)c2c(c3ncccc3n2-c2ccccc2)N4c2ccccc2)cc1. The minimum atomic E-state index is -0.153. The van der Waals surface area contributed by atoms with Crippen LogP contribution in [0.2, 0.25) is 0 Å². The molecule has 0 radical (unpaired) electrons. The van der Waals surface area contributed by atoms with E-state index in [9.17, 15) is 0 Å². The predicted octanol–water partition coefficient (Wildman–Crippen LogP) is 9.65. The first-order valence-electron chi connectivity index (χ1n) is 18.8. The molecule has 0 amide bonds. The zero-order chi connectivity index (χ0) is 35.8. The minimum absolute atomic E-state index is 0.153. The van der Waals surface area contributed by atoms with Gasteiger partial charge in [0.2, 0.25) is 0 Å². The molecule has 7 heteroatoms. The third kappa shape index (κ3) is 3.69. The number of para-hydroxylation sites is 5. The second kappa shape index (κ2) is 10.6. The number of hydrogen-bond acceptors (Lipinski definition) is 4. The Morgan fingerprint density at radius 3 is 1.85 bits per heavy atom. The Balaban J connectivity index is 1.24. The molecular weight excluding hydrogens is 671 g/mol. The average molecular weight is 701 g/mol. The fourth-order valence-electron chi connectivity index (χ4n) is 9.77. The van der Waals surface area contributed by atoms with Gasteiger partial charge in [0.1, 0.15) is 17.0 Å². The van der Waals surface area contributed by atoms with Crippen molar-refractivity contribution in [2.75, 3.05) is 9.80 Å². The van der Waals surface area contributed by atoms with Crippen molar-refractivity contribution in [2.45, 2.75) is 0 Å². The van der Waals surface area contributed by atoms with Crippen LogP contribution in [0, 0.1) is 0 Å². The Bertz CT molecular complexity index is 3340. The van der Waals surface area contributed by atoms with Gasteiger partial charge in [-0.25, -0.2) is 4.98 Å². The maximum atomic E-state index is 5.82. The smallest absolute Gasteiger partial charge is 0.275 e. The van der Waals surface area contributed by atoms with E-state index in [0.29, 0.717) is 0 Å². The van der Waals surface area contributed by atoms with Crippen LogP contribution in [0.15, 0.2) is 176 Å². The summed E-state index contributed by atoms with van der Waals surface area (Å²) in [5.41, 5.74) is 15.6. The third-order valence-electron chi connectivity index (χ3n) is 11.8. The average Bonchev–Trinajstić information content (AvgIpc) is 3.89. The molecule has 0 fully saturated rings. The van der Waals surface area contributed by atoms with Crippen LogP contribution in [0.5, 0.6) is 0 Å². The van der Waals surface area contributed by atoms with Crippen LogP contribution in [-0.2, 0) is 0 Å². The first kappa shape index (κ1) is 29.1. The zero-order valence-electron chi connectivity index (χ0n) is 29.5. The molecule has 254 valence electrons. The van der Waals surface area contributed by atoms with E-state index in [2.05, 4.69) is 189 Å². The Labute approximate surface area is 316 Å². The van der Waals surface area contributed by atoms with E-state index in [1.165, 1.54) is 43.7 Å². The van der Waals surface area contributed by atoms with Crippen LogP contribution >= 0.6 is 0 Å². The van der Waals surface area contributed by atoms with E-state index in [0.717, 1.165) is 62.0 Å². The van der Waals surface area contributed by atoms with Crippen LogP contribution in [0.4, 0.5) is 34.3 Å². The highest BCUT2D eigenvalue weighted by molar-refractivity contribution is 7.00. The molecule has 0 atom stereocenters. The van der Waals surface area contributed by atoms with Crippen molar-refractivity contribution in [3.05, 3.63) is 176 Å². The Hall–Kier alpha value is -7.38. The first-order valence-corrected chi connectivity index (χ1v) is 18.8. The number of benzene rings is 6. The fourth-order valence-corrected chi connectivity index (χ4v) is 9.77. The maximum absolute atomic E-state index is 5.82. The first-order chi connectivity index (χ1) is 27.3. The Morgan fingerprint density at radius 1 is 0.491 bits per heavy atom. The van der Waals surface area contributed by atoms with Gasteiger partial charge in [-0.2, -0.15) is 0 Å². The van der Waals surface area contributed by atoms with Crippen LogP contribution in [0.3, 0.4) is 0 Å². The van der Waals surface area contributed by atoms with E-state index in [1.54, 1.807) is 0 Å². The number of rotatable bonds is 3. The van der Waals surface area contributed by atoms with E-state index in [-0.39, 0.29) is 6.71 Å². The van der Waals surface area contributed by atoms with Gasteiger partial charge in [0.15, 0.2) is 0 Å². The summed E-state index contributed by atoms with van der Waals surface area (Å²) in [6.45, 7) is -0.153. The molecule has 11 aromatic rings. The summed E-state index contributed by atoms with van der Waals surface area (Å²) in [5, 5.41) is 4.88. The molecule has 6 aromatic carbocycles. The van der Waals surface area contributed by atoms with E-state index in [1.807, 2.05) is 6.20 Å². The van der Waals surface area contributed by atoms with Crippen LogP contribution in [-0.4, -0.2) is 25.6 Å². The van der Waals surface area contributed by atoms with Crippen molar-refractivity contribution >= 4 is 107 Å². The molecule has 0 N–H and O–H groups in total. The van der Waals surface area contributed by atoms with Crippen LogP contribution in [0.25, 0.3) is 54.9 Å². The highest BCUT2D eigenvalue weighted by Crippen LogP contribution is 2.47. The van der Waals surface area contributed by atoms with Gasteiger partial charge in [0, 0.05) is 61.8 Å². The number of aromatic nitrogens is 4. The lowest BCUT2D eigenvalue weighted by atomic mass is 9.35. The number of fused-ring (bicyclic) bond motifs is 12. The number of nitrogens with zero attached hydrogens (tertiary/aromatic N) is 6. The fraction of sp³-hybridized carbons (Fsp3) is 0. The molecular formula is C48H29BN6. The predicted molar refractivity (Wildman–Crippen MR) is 228 cm³/mol. The lowest BCUT2D eigenvalue weighted by Crippen LogP contribution is -2.63. The third-order valence-corrected chi connectivity index (χ3v) is 11.8. The van der Waals surface area contributed by atoms with E-state index in [4.69, 9.17) is 9.97 Å². The van der Waals surface area contributed by atoms with E-state index >= 15 is 0 Å². The van der Waals surface area contributed by atoms with Gasteiger partial charge < -0.3 is 9.47 Å². The van der Waals surface area contributed by atoms with Gasteiger partial charge in [-0.15, -0.1) is 0 Å². The molecule has 6 nitrogen and oxygen atoms in total. The van der Waals surface area contributed by atoms with Crippen molar-refractivity contribution in [1.82, 2.24) is 18.9 Å². The normalized spacial score (nSPS) is 13.3. The standard InChI is InChI=1S/C48H29BN6/c1-4-15-30(16-5-1)52-39-25-13-26-40-42(39)49(46-45(52)43-41(27-14-28-50-43)53(46)31-17-6-2-7-18-31)37-29-36-35-23-12-22-34-33-21-10-11-24-38(33)55(44(34)35)47(36)51-48(37)54(40)32-19-8-3-9-20-32/h1-29H. The maximum Gasteiger partial charge on any atom is 0.275 e. The molecule has 0 unspecified atom stereocenters. The molecule has 0 saturated carbocycles. The van der Waals surface area contributed by atoms with Gasteiger partial charge in [0.05, 0.1) is 22.2 Å². The van der Waals surface area contributed by atoms with Gasteiger partial charge in [-0.05, 0) is 77.7 Å². The summed E-state index contributed by atoms with van der Waals surface area (Å²) in [7, 11) is 0. The molecule has 7 heterocycles. The highest BCUT2D eigenvalue weighted by Gasteiger charge is 2.47. The van der Waals surface area contributed by atoms with Crippen molar-refractivity contribution in [3.63, 3.8) is 0 Å². The second-order valence-electron chi connectivity index (χ2n) is 14.6. The highest BCUT2D eigenvalue weighted by atomic mass is 15.2. The van der Waals surface area contributed by atoms with Crippen molar-refractivity contribution in [3.8, 4) is 5.69 Å². The summed E-state index contributed by atoms with van der Waals surface area (Å²) >= 11 is 0. The second-order valence-corrected chi connectivity index (χ2v) is 14.6. The number of hydrogen-bond donors (Lipinski definition) is 0. The van der Waals surface area contributed by atoms with E-state index < -0.39 is 0 Å². The molecule has 0 aliphatic carbocycles. The lowest BCUT2D eigenvalue weighted by molar-refractivity contribution is 1.14. The molecule has 2 aliphatic heterocycles. The topological polar surface area (TPSA) is 41.6 Å². The Kier molecular flexibility index (Phi) is 5.62. The molecule has 0 bridgehead atoms. The summed E-state index contributed by atoms with van der Waals surface area (Å²) in [5.74, 6) is 0.940. The molecule has 0 spiro atoms. The monoisotopic (exact) mass is 700 g/mol. The molecule has 55 heavy (non-hydrogen) atoms. The minimum Gasteiger partial charge on any atom is -0.318 e. The largest absolute Gasteiger partial charge is 0.318 e. The summed E-state index contributed by atoms with van der Waals surface area (Å²) in [4.78, 5) is 15.8. The van der Waals surface area contributed by atoms with Gasteiger partial charge in [-0.3, -0.25) is 14.3 Å². The quantitative estimate of drug-likeness (QED) is 0.172. The molecule has 2 aliphatic rings. The summed E-state index contributed by atoms with van der Waals surface area (Å²) in [6.07, 6.45) is 1.92.